The minimum Gasteiger partial charge on any atom is -0.383 e. The number of hydrogen-bond donors (Lipinski definition) is 2. The van der Waals surface area contributed by atoms with Gasteiger partial charge in [-0.1, -0.05) is 19.0 Å². The molecule has 2 aliphatic rings. The summed E-state index contributed by atoms with van der Waals surface area (Å²) < 4.78 is 5.38. The summed E-state index contributed by atoms with van der Waals surface area (Å²) >= 11 is 0. The van der Waals surface area contributed by atoms with Gasteiger partial charge in [-0.25, -0.2) is 4.98 Å². The summed E-state index contributed by atoms with van der Waals surface area (Å²) in [5.74, 6) is 2.00. The molecule has 150 valence electrons. The summed E-state index contributed by atoms with van der Waals surface area (Å²) in [6.07, 6.45) is 4.38. The molecule has 2 N–H and O–H groups in total. The summed E-state index contributed by atoms with van der Waals surface area (Å²) in [7, 11) is 0. The second kappa shape index (κ2) is 7.87. The van der Waals surface area contributed by atoms with Crippen molar-refractivity contribution < 1.29 is 14.4 Å². The Balaban J connectivity index is 1.38. The molecule has 1 atom stereocenters. The monoisotopic (exact) mass is 385 g/mol. The van der Waals surface area contributed by atoms with E-state index in [9.17, 15) is 9.90 Å². The van der Waals surface area contributed by atoms with Gasteiger partial charge in [0.15, 0.2) is 5.82 Å². The molecule has 0 spiro atoms. The molecule has 28 heavy (non-hydrogen) atoms. The van der Waals surface area contributed by atoms with Gasteiger partial charge in [-0.2, -0.15) is 4.98 Å². The summed E-state index contributed by atoms with van der Waals surface area (Å²) in [6.45, 7) is 5.54. The van der Waals surface area contributed by atoms with Crippen LogP contribution in [0.4, 0.5) is 5.82 Å². The smallest absolute Gasteiger partial charge is 0.258 e. The van der Waals surface area contributed by atoms with Gasteiger partial charge in [0.05, 0.1) is 0 Å². The highest BCUT2D eigenvalue weighted by molar-refractivity contribution is 5.81. The third kappa shape index (κ3) is 4.16. The van der Waals surface area contributed by atoms with Crippen LogP contribution in [0.25, 0.3) is 11.5 Å². The van der Waals surface area contributed by atoms with Crippen LogP contribution in [0.5, 0.6) is 0 Å². The molecule has 1 amide bonds. The number of anilines is 1. The van der Waals surface area contributed by atoms with Gasteiger partial charge in [0, 0.05) is 36.8 Å². The summed E-state index contributed by atoms with van der Waals surface area (Å²) in [4.78, 5) is 23.2. The van der Waals surface area contributed by atoms with Crippen molar-refractivity contribution in [3.8, 4) is 11.5 Å². The molecule has 1 saturated carbocycles. The number of nitrogens with one attached hydrogen (secondary N) is 1. The molecule has 3 heterocycles. The molecular formula is C20H27N5O3. The molecule has 1 saturated heterocycles. The fourth-order valence-electron chi connectivity index (χ4n) is 3.48. The van der Waals surface area contributed by atoms with Gasteiger partial charge in [-0.15, -0.1) is 0 Å². The van der Waals surface area contributed by atoms with E-state index in [0.29, 0.717) is 11.7 Å². The maximum absolute atomic E-state index is 12.1. The number of hydrogen-bond acceptors (Lipinski definition) is 7. The Kier molecular flexibility index (Phi) is 5.30. The standard InChI is InChI=1S/C20H27N5O3/c1-12(2)18-23-20(28-24-18)14-5-8-21-16(11-14)25-9-6-13(7-10-25)17(26)19(27)22-15-3-4-15/h5,8,11-13,15,17,26H,3-4,6-7,9-10H2,1-2H3,(H,22,27). The number of carbonyl (C=O) groups excluding carboxylic acids is 1. The van der Waals surface area contributed by atoms with Crippen LogP contribution >= 0.6 is 0 Å². The molecule has 8 heteroatoms. The van der Waals surface area contributed by atoms with E-state index in [1.54, 1.807) is 6.20 Å². The van der Waals surface area contributed by atoms with Crippen molar-refractivity contribution in [3.63, 3.8) is 0 Å². The number of aromatic nitrogens is 3. The minimum atomic E-state index is -0.921. The first-order valence-corrected chi connectivity index (χ1v) is 10.0. The van der Waals surface area contributed by atoms with E-state index in [2.05, 4.69) is 25.3 Å². The highest BCUT2D eigenvalue weighted by atomic mass is 16.5. The first kappa shape index (κ1) is 18.9. The van der Waals surface area contributed by atoms with Gasteiger partial charge in [-0.3, -0.25) is 4.79 Å². The maximum Gasteiger partial charge on any atom is 0.258 e. The number of aliphatic hydroxyl groups excluding tert-OH is 1. The average molecular weight is 385 g/mol. The van der Waals surface area contributed by atoms with E-state index >= 15 is 0 Å². The Morgan fingerprint density at radius 1 is 1.29 bits per heavy atom. The van der Waals surface area contributed by atoms with E-state index in [0.717, 1.165) is 50.2 Å². The lowest BCUT2D eigenvalue weighted by Gasteiger charge is -2.34. The molecular weight excluding hydrogens is 358 g/mol. The largest absolute Gasteiger partial charge is 0.383 e. The van der Waals surface area contributed by atoms with Crippen molar-refractivity contribution in [2.75, 3.05) is 18.0 Å². The van der Waals surface area contributed by atoms with Crippen LogP contribution in [-0.2, 0) is 4.79 Å². The molecule has 0 radical (unpaired) electrons. The Morgan fingerprint density at radius 3 is 2.68 bits per heavy atom. The molecule has 1 aliphatic carbocycles. The van der Waals surface area contributed by atoms with Gasteiger partial charge in [0.2, 0.25) is 5.91 Å². The molecule has 1 unspecified atom stereocenters. The fraction of sp³-hybridized carbons (Fsp3) is 0.600. The Labute approximate surface area is 164 Å². The van der Waals surface area contributed by atoms with E-state index in [-0.39, 0.29) is 23.8 Å². The van der Waals surface area contributed by atoms with Crippen LogP contribution in [0, 0.1) is 5.92 Å². The fourth-order valence-corrected chi connectivity index (χ4v) is 3.48. The molecule has 2 fully saturated rings. The lowest BCUT2D eigenvalue weighted by atomic mass is 9.90. The Hall–Kier alpha value is -2.48. The molecule has 8 nitrogen and oxygen atoms in total. The molecule has 2 aromatic rings. The average Bonchev–Trinajstić information content (AvgIpc) is 3.38. The highest BCUT2D eigenvalue weighted by Gasteiger charge is 2.33. The van der Waals surface area contributed by atoms with Gasteiger partial charge in [0.1, 0.15) is 11.9 Å². The van der Waals surface area contributed by atoms with Crippen LogP contribution in [0.1, 0.15) is 51.3 Å². The predicted octanol–water partition coefficient (Wildman–Crippen LogP) is 2.11. The SMILES string of the molecule is CC(C)c1noc(-c2ccnc(N3CCC(C(O)C(=O)NC4CC4)CC3)c2)n1. The van der Waals surface area contributed by atoms with Crippen LogP contribution in [0.15, 0.2) is 22.9 Å². The molecule has 2 aromatic heterocycles. The molecule has 0 bridgehead atoms. The van der Waals surface area contributed by atoms with Gasteiger partial charge in [-0.05, 0) is 43.7 Å². The third-order valence-electron chi connectivity index (χ3n) is 5.45. The summed E-state index contributed by atoms with van der Waals surface area (Å²) in [6, 6.07) is 4.09. The number of piperidine rings is 1. The van der Waals surface area contributed by atoms with Crippen LogP contribution in [-0.4, -0.2) is 51.4 Å². The second-order valence-corrected chi connectivity index (χ2v) is 8.07. The Bertz CT molecular complexity index is 825. The first-order valence-electron chi connectivity index (χ1n) is 10.0. The summed E-state index contributed by atoms with van der Waals surface area (Å²) in [5.41, 5.74) is 0.843. The van der Waals surface area contributed by atoms with E-state index in [1.165, 1.54) is 0 Å². The maximum atomic E-state index is 12.1. The normalized spacial score (nSPS) is 19.1. The van der Waals surface area contributed by atoms with E-state index < -0.39 is 6.10 Å². The van der Waals surface area contributed by atoms with E-state index in [4.69, 9.17) is 4.52 Å². The number of aliphatic hydroxyl groups is 1. The van der Waals surface area contributed by atoms with Crippen LogP contribution < -0.4 is 10.2 Å². The van der Waals surface area contributed by atoms with Crippen molar-refractivity contribution in [1.82, 2.24) is 20.4 Å². The van der Waals surface area contributed by atoms with Crippen molar-refractivity contribution >= 4 is 11.7 Å². The van der Waals surface area contributed by atoms with Crippen molar-refractivity contribution in [2.24, 2.45) is 5.92 Å². The van der Waals surface area contributed by atoms with Crippen molar-refractivity contribution in [1.29, 1.82) is 0 Å². The van der Waals surface area contributed by atoms with Crippen LogP contribution in [0.2, 0.25) is 0 Å². The zero-order valence-electron chi connectivity index (χ0n) is 16.3. The molecule has 4 rings (SSSR count). The first-order chi connectivity index (χ1) is 13.5. The van der Waals surface area contributed by atoms with Crippen molar-refractivity contribution in [3.05, 3.63) is 24.2 Å². The number of amides is 1. The summed E-state index contributed by atoms with van der Waals surface area (Å²) in [5, 5.41) is 17.3. The van der Waals surface area contributed by atoms with E-state index in [1.807, 2.05) is 26.0 Å². The van der Waals surface area contributed by atoms with Crippen molar-refractivity contribution in [2.45, 2.75) is 57.6 Å². The molecule has 1 aliphatic heterocycles. The topological polar surface area (TPSA) is 104 Å². The quantitative estimate of drug-likeness (QED) is 0.785. The zero-order valence-corrected chi connectivity index (χ0v) is 16.3. The zero-order chi connectivity index (χ0) is 19.7. The predicted molar refractivity (Wildman–Crippen MR) is 104 cm³/mol. The minimum absolute atomic E-state index is 0.0114. The lowest BCUT2D eigenvalue weighted by molar-refractivity contribution is -0.132. The van der Waals surface area contributed by atoms with Gasteiger partial charge < -0.3 is 19.8 Å². The third-order valence-corrected chi connectivity index (χ3v) is 5.45. The Morgan fingerprint density at radius 2 is 2.04 bits per heavy atom. The van der Waals surface area contributed by atoms with Gasteiger partial charge >= 0.3 is 0 Å². The second-order valence-electron chi connectivity index (χ2n) is 8.07. The van der Waals surface area contributed by atoms with Crippen LogP contribution in [0.3, 0.4) is 0 Å². The lowest BCUT2D eigenvalue weighted by Crippen LogP contribution is -2.45. The highest BCUT2D eigenvalue weighted by Crippen LogP contribution is 2.28. The molecule has 0 aromatic carbocycles. The number of carbonyl (C=O) groups is 1. The van der Waals surface area contributed by atoms with Gasteiger partial charge in [0.25, 0.3) is 5.89 Å². The number of nitrogens with zero attached hydrogens (tertiary/aromatic N) is 4. The number of rotatable bonds is 6. The number of pyridine rings is 1.